The van der Waals surface area contributed by atoms with Crippen LogP contribution in [-0.4, -0.2) is 37.5 Å². The lowest BCUT2D eigenvalue weighted by molar-refractivity contribution is -0.232. The fourth-order valence-electron chi connectivity index (χ4n) is 3.50. The Bertz CT molecular complexity index is 647. The predicted molar refractivity (Wildman–Crippen MR) is 94.2 cm³/mol. The van der Waals surface area contributed by atoms with Gasteiger partial charge in [-0.15, -0.1) is 0 Å². The van der Waals surface area contributed by atoms with Gasteiger partial charge in [-0.3, -0.25) is 0 Å². The summed E-state index contributed by atoms with van der Waals surface area (Å²) in [7, 11) is 0. The van der Waals surface area contributed by atoms with Crippen LogP contribution in [0, 0.1) is 5.92 Å². The molecule has 2 aromatic rings. The van der Waals surface area contributed by atoms with Crippen LogP contribution in [0.15, 0.2) is 60.7 Å². The van der Waals surface area contributed by atoms with Crippen molar-refractivity contribution in [3.8, 4) is 0 Å². The van der Waals surface area contributed by atoms with Gasteiger partial charge in [0.05, 0.1) is 31.8 Å². The molecular weight excluding hydrogens is 332 g/mol. The SMILES string of the molecule is O=C[C@@H]1[C@H](OCc2ccccc2)[C@@H]2OC[C@@H](O2)[C@H]1OCc1ccccc1. The molecule has 2 bridgehead atoms. The standard InChI is InChI=1S/C21H22O5/c22-11-17-19(23-12-15-7-3-1-4-8-15)18-14-25-21(26-18)20(17)24-13-16-9-5-2-6-10-16/h1-11,17-21H,12-14H2/t17-,18+,19-,20-,21+/m0/s1. The first kappa shape index (κ1) is 17.4. The third-order valence-electron chi connectivity index (χ3n) is 4.85. The molecule has 5 atom stereocenters. The number of hydrogen-bond acceptors (Lipinski definition) is 5. The van der Waals surface area contributed by atoms with E-state index in [-0.39, 0.29) is 12.2 Å². The molecule has 0 aromatic heterocycles. The highest BCUT2D eigenvalue weighted by atomic mass is 16.8. The predicted octanol–water partition coefficient (Wildman–Crippen LogP) is 2.73. The molecule has 2 aliphatic heterocycles. The highest BCUT2D eigenvalue weighted by Crippen LogP contribution is 2.35. The van der Waals surface area contributed by atoms with Crippen LogP contribution in [0.25, 0.3) is 0 Å². The highest BCUT2D eigenvalue weighted by molar-refractivity contribution is 5.56. The van der Waals surface area contributed by atoms with Crippen molar-refractivity contribution >= 4 is 6.29 Å². The van der Waals surface area contributed by atoms with Gasteiger partial charge in [-0.05, 0) is 11.1 Å². The second-order valence-corrected chi connectivity index (χ2v) is 6.61. The van der Waals surface area contributed by atoms with Crippen molar-refractivity contribution in [1.29, 1.82) is 0 Å². The number of aldehydes is 1. The Morgan fingerprint density at radius 1 is 0.885 bits per heavy atom. The van der Waals surface area contributed by atoms with Gasteiger partial charge < -0.3 is 23.7 Å². The maximum atomic E-state index is 11.9. The third kappa shape index (κ3) is 3.71. The summed E-state index contributed by atoms with van der Waals surface area (Å²) in [6, 6.07) is 19.7. The fourth-order valence-corrected chi connectivity index (χ4v) is 3.50. The second kappa shape index (κ2) is 8.10. The molecule has 2 aromatic carbocycles. The number of carbonyl (C=O) groups is 1. The molecular formula is C21H22O5. The zero-order valence-electron chi connectivity index (χ0n) is 14.4. The molecule has 2 aliphatic rings. The largest absolute Gasteiger partial charge is 0.370 e. The summed E-state index contributed by atoms with van der Waals surface area (Å²) in [4.78, 5) is 11.9. The van der Waals surface area contributed by atoms with E-state index in [0.717, 1.165) is 17.4 Å². The molecule has 0 unspecified atom stereocenters. The van der Waals surface area contributed by atoms with E-state index in [1.54, 1.807) is 0 Å². The quantitative estimate of drug-likeness (QED) is 0.716. The minimum absolute atomic E-state index is 0.240. The fraction of sp³-hybridized carbons (Fsp3) is 0.381. The highest BCUT2D eigenvalue weighted by Gasteiger charge is 2.52. The number of rotatable bonds is 7. The van der Waals surface area contributed by atoms with E-state index in [1.165, 1.54) is 0 Å². The van der Waals surface area contributed by atoms with Crippen molar-refractivity contribution in [1.82, 2.24) is 0 Å². The Kier molecular flexibility index (Phi) is 5.41. The van der Waals surface area contributed by atoms with Crippen LogP contribution < -0.4 is 0 Å². The molecule has 5 nitrogen and oxygen atoms in total. The van der Waals surface area contributed by atoms with Crippen LogP contribution >= 0.6 is 0 Å². The lowest BCUT2D eigenvalue weighted by Crippen LogP contribution is -2.52. The van der Waals surface area contributed by atoms with Gasteiger partial charge in [0.1, 0.15) is 18.5 Å². The third-order valence-corrected chi connectivity index (χ3v) is 4.85. The summed E-state index contributed by atoms with van der Waals surface area (Å²) < 4.78 is 23.7. The van der Waals surface area contributed by atoms with E-state index in [4.69, 9.17) is 18.9 Å². The van der Waals surface area contributed by atoms with Crippen LogP contribution in [0.2, 0.25) is 0 Å². The molecule has 0 amide bonds. The molecule has 2 heterocycles. The average molecular weight is 354 g/mol. The lowest BCUT2D eigenvalue weighted by atomic mass is 9.91. The maximum absolute atomic E-state index is 11.9. The molecule has 0 N–H and O–H groups in total. The van der Waals surface area contributed by atoms with Crippen molar-refractivity contribution in [2.45, 2.75) is 37.8 Å². The molecule has 136 valence electrons. The zero-order chi connectivity index (χ0) is 17.8. The smallest absolute Gasteiger partial charge is 0.185 e. The van der Waals surface area contributed by atoms with Gasteiger partial charge in [-0.25, -0.2) is 0 Å². The summed E-state index contributed by atoms with van der Waals surface area (Å²) in [5, 5.41) is 0. The topological polar surface area (TPSA) is 54.0 Å². The van der Waals surface area contributed by atoms with E-state index >= 15 is 0 Å². The summed E-state index contributed by atoms with van der Waals surface area (Å²) in [5.74, 6) is -0.423. The normalized spacial score (nSPS) is 30.2. The number of hydrogen-bond donors (Lipinski definition) is 0. The minimum Gasteiger partial charge on any atom is -0.370 e. The van der Waals surface area contributed by atoms with Crippen molar-refractivity contribution in [2.24, 2.45) is 5.92 Å². The Labute approximate surface area is 152 Å². The molecule has 0 radical (unpaired) electrons. The zero-order valence-corrected chi connectivity index (χ0v) is 14.4. The summed E-state index contributed by atoms with van der Waals surface area (Å²) in [6.07, 6.45) is -0.701. The van der Waals surface area contributed by atoms with Crippen LogP contribution in [0.4, 0.5) is 0 Å². The van der Waals surface area contributed by atoms with Crippen LogP contribution in [0.5, 0.6) is 0 Å². The van der Waals surface area contributed by atoms with Crippen molar-refractivity contribution < 1.29 is 23.7 Å². The second-order valence-electron chi connectivity index (χ2n) is 6.61. The van der Waals surface area contributed by atoms with Crippen molar-refractivity contribution in [3.05, 3.63) is 71.8 Å². The molecule has 4 rings (SSSR count). The summed E-state index contributed by atoms with van der Waals surface area (Å²) in [5.41, 5.74) is 2.10. The van der Waals surface area contributed by atoms with Gasteiger partial charge in [-0.2, -0.15) is 0 Å². The van der Waals surface area contributed by atoms with E-state index in [9.17, 15) is 4.79 Å². The summed E-state index contributed by atoms with van der Waals surface area (Å²) in [6.45, 7) is 1.24. The number of fused-ring (bicyclic) bond motifs is 2. The molecule has 0 aliphatic carbocycles. The molecule has 0 saturated carbocycles. The first-order chi connectivity index (χ1) is 12.8. The van der Waals surface area contributed by atoms with Gasteiger partial charge in [0.15, 0.2) is 6.29 Å². The van der Waals surface area contributed by atoms with E-state index in [0.29, 0.717) is 19.8 Å². The molecule has 5 heteroatoms. The Morgan fingerprint density at radius 2 is 1.46 bits per heavy atom. The number of ether oxygens (including phenoxy) is 4. The van der Waals surface area contributed by atoms with Gasteiger partial charge in [0.2, 0.25) is 0 Å². The first-order valence-electron chi connectivity index (χ1n) is 8.88. The van der Waals surface area contributed by atoms with Crippen LogP contribution in [-0.2, 0) is 37.0 Å². The molecule has 2 saturated heterocycles. The Hall–Kier alpha value is -2.05. The van der Waals surface area contributed by atoms with E-state index in [1.807, 2.05) is 60.7 Å². The molecule has 0 spiro atoms. The van der Waals surface area contributed by atoms with E-state index < -0.39 is 18.3 Å². The lowest BCUT2D eigenvalue weighted by Gasteiger charge is -2.38. The Balaban J connectivity index is 1.45. The van der Waals surface area contributed by atoms with Crippen molar-refractivity contribution in [2.75, 3.05) is 6.61 Å². The van der Waals surface area contributed by atoms with Gasteiger partial charge in [-0.1, -0.05) is 60.7 Å². The summed E-state index contributed by atoms with van der Waals surface area (Å²) >= 11 is 0. The molecule has 26 heavy (non-hydrogen) atoms. The van der Waals surface area contributed by atoms with Gasteiger partial charge >= 0.3 is 0 Å². The van der Waals surface area contributed by atoms with E-state index in [2.05, 4.69) is 0 Å². The number of benzene rings is 2. The van der Waals surface area contributed by atoms with Gasteiger partial charge in [0, 0.05) is 0 Å². The average Bonchev–Trinajstić information content (AvgIpc) is 3.13. The minimum atomic E-state index is -0.518. The van der Waals surface area contributed by atoms with Gasteiger partial charge in [0.25, 0.3) is 0 Å². The monoisotopic (exact) mass is 354 g/mol. The Morgan fingerprint density at radius 3 is 2.04 bits per heavy atom. The maximum Gasteiger partial charge on any atom is 0.185 e. The first-order valence-corrected chi connectivity index (χ1v) is 8.88. The van der Waals surface area contributed by atoms with Crippen molar-refractivity contribution in [3.63, 3.8) is 0 Å². The van der Waals surface area contributed by atoms with Crippen LogP contribution in [0.1, 0.15) is 11.1 Å². The molecule has 2 fully saturated rings. The number of carbonyl (C=O) groups excluding carboxylic acids is 1. The van der Waals surface area contributed by atoms with Crippen LogP contribution in [0.3, 0.4) is 0 Å².